The molecule has 0 unspecified atom stereocenters. The Morgan fingerprint density at radius 2 is 0.821 bits per heavy atom. The van der Waals surface area contributed by atoms with Gasteiger partial charge in [0, 0.05) is 25.9 Å². The molecule has 2 amide bonds. The average Bonchev–Trinajstić information content (AvgIpc) is 2.53. The molecule has 2 fully saturated rings. The van der Waals surface area contributed by atoms with Crippen LogP contribution in [0, 0.1) is 22.7 Å². The van der Waals surface area contributed by atoms with Gasteiger partial charge in [-0.2, -0.15) is 0 Å². The lowest BCUT2D eigenvalue weighted by Gasteiger charge is -2.37. The summed E-state index contributed by atoms with van der Waals surface area (Å²) in [4.78, 5) is 21.8. The molecule has 2 aliphatic carbocycles. The molecule has 0 atom stereocenters. The Morgan fingerprint density at radius 3 is 1.00 bits per heavy atom. The van der Waals surface area contributed by atoms with Crippen LogP contribution in [0.25, 0.3) is 0 Å². The van der Waals surface area contributed by atoms with Gasteiger partial charge in [0.05, 0.1) is 0 Å². The summed E-state index contributed by atoms with van der Waals surface area (Å²) in [5, 5.41) is 6.03. The number of nitrogens with one attached hydrogen (secondary N) is 2. The van der Waals surface area contributed by atoms with Gasteiger partial charge in [0.15, 0.2) is 0 Å². The van der Waals surface area contributed by atoms with Crippen LogP contribution >= 0.6 is 0 Å². The average molecular weight is 395 g/mol. The summed E-state index contributed by atoms with van der Waals surface area (Å²) in [6.07, 6.45) is 9.65. The summed E-state index contributed by atoms with van der Waals surface area (Å²) < 4.78 is 0. The van der Waals surface area contributed by atoms with Crippen molar-refractivity contribution in [1.82, 2.24) is 10.6 Å². The normalized spacial score (nSPS) is 28.6. The Morgan fingerprint density at radius 1 is 0.571 bits per heavy atom. The van der Waals surface area contributed by atoms with E-state index in [1.165, 1.54) is 25.7 Å². The Balaban J connectivity index is 0.000000280. The van der Waals surface area contributed by atoms with Crippen molar-refractivity contribution in [2.24, 2.45) is 22.7 Å². The fraction of sp³-hybridized carbons (Fsp3) is 0.917. The molecule has 0 saturated heterocycles. The van der Waals surface area contributed by atoms with Gasteiger partial charge in [0.25, 0.3) is 0 Å². The monoisotopic (exact) mass is 394 g/mol. The molecule has 0 aromatic rings. The van der Waals surface area contributed by atoms with E-state index in [0.29, 0.717) is 22.9 Å². The van der Waals surface area contributed by atoms with Gasteiger partial charge in [-0.1, -0.05) is 41.5 Å². The third-order valence-corrected chi connectivity index (χ3v) is 6.72. The van der Waals surface area contributed by atoms with Gasteiger partial charge in [-0.3, -0.25) is 9.59 Å². The van der Waals surface area contributed by atoms with Crippen molar-refractivity contribution in [3.63, 3.8) is 0 Å². The number of hydrogen-bond donors (Lipinski definition) is 2. The molecule has 2 aliphatic rings. The molecule has 0 radical (unpaired) electrons. The molecule has 4 heteroatoms. The largest absolute Gasteiger partial charge is 0.354 e. The zero-order valence-corrected chi connectivity index (χ0v) is 19.8. The van der Waals surface area contributed by atoms with Crippen molar-refractivity contribution < 1.29 is 9.59 Å². The van der Waals surface area contributed by atoms with E-state index in [0.717, 1.165) is 37.5 Å². The lowest BCUT2D eigenvalue weighted by atomic mass is 9.71. The van der Waals surface area contributed by atoms with Gasteiger partial charge in [-0.25, -0.2) is 0 Å². The van der Waals surface area contributed by atoms with Crippen molar-refractivity contribution in [1.29, 1.82) is 0 Å². The summed E-state index contributed by atoms with van der Waals surface area (Å²) in [5.74, 6) is 1.88. The SMILES string of the molecule is CC(=O)NC1CCC(C(C)(C)C)CC1.CC(=O)NC1CCC(C(C)(C)C)CC1. The van der Waals surface area contributed by atoms with E-state index in [2.05, 4.69) is 52.2 Å². The molecule has 2 saturated carbocycles. The van der Waals surface area contributed by atoms with Gasteiger partial charge in [-0.15, -0.1) is 0 Å². The maximum Gasteiger partial charge on any atom is 0.217 e. The summed E-state index contributed by atoms with van der Waals surface area (Å²) >= 11 is 0. The van der Waals surface area contributed by atoms with Crippen LogP contribution in [0.4, 0.5) is 0 Å². The number of amides is 2. The molecule has 164 valence electrons. The highest BCUT2D eigenvalue weighted by Crippen LogP contribution is 2.38. The Labute approximate surface area is 174 Å². The lowest BCUT2D eigenvalue weighted by molar-refractivity contribution is -0.120. The van der Waals surface area contributed by atoms with Crippen LogP contribution in [0.1, 0.15) is 107 Å². The molecule has 0 spiro atoms. The second kappa shape index (κ2) is 10.6. The number of rotatable bonds is 2. The highest BCUT2D eigenvalue weighted by atomic mass is 16.2. The van der Waals surface area contributed by atoms with E-state index in [1.54, 1.807) is 13.8 Å². The molecule has 2 rings (SSSR count). The van der Waals surface area contributed by atoms with E-state index < -0.39 is 0 Å². The Kier molecular flexibility index (Phi) is 9.49. The van der Waals surface area contributed by atoms with Crippen LogP contribution in [0.3, 0.4) is 0 Å². The molecule has 0 heterocycles. The Bertz CT molecular complexity index is 440. The first kappa shape index (κ1) is 25.0. The summed E-state index contributed by atoms with van der Waals surface area (Å²) in [5.41, 5.74) is 0.863. The van der Waals surface area contributed by atoms with Gasteiger partial charge < -0.3 is 10.6 Å². The van der Waals surface area contributed by atoms with Crippen LogP contribution in [-0.2, 0) is 9.59 Å². The second-order valence-electron chi connectivity index (χ2n) is 11.2. The van der Waals surface area contributed by atoms with Crippen molar-refractivity contribution in [2.45, 2.75) is 119 Å². The van der Waals surface area contributed by atoms with Crippen LogP contribution < -0.4 is 10.6 Å². The second-order valence-corrected chi connectivity index (χ2v) is 11.2. The molecule has 4 nitrogen and oxygen atoms in total. The van der Waals surface area contributed by atoms with Crippen molar-refractivity contribution >= 4 is 11.8 Å². The molecule has 0 aromatic carbocycles. The van der Waals surface area contributed by atoms with Crippen molar-refractivity contribution in [2.75, 3.05) is 0 Å². The van der Waals surface area contributed by atoms with Crippen LogP contribution in [0.15, 0.2) is 0 Å². The standard InChI is InChI=1S/2C12H23NO/c2*1-9(14)13-11-7-5-10(6-8-11)12(2,3)4/h2*10-11H,5-8H2,1-4H3,(H,13,14). The first-order valence-electron chi connectivity index (χ1n) is 11.3. The quantitative estimate of drug-likeness (QED) is 0.654. The van der Waals surface area contributed by atoms with E-state index in [-0.39, 0.29) is 11.8 Å². The zero-order valence-electron chi connectivity index (χ0n) is 19.8. The maximum absolute atomic E-state index is 10.9. The summed E-state index contributed by atoms with van der Waals surface area (Å²) in [6.45, 7) is 17.1. The van der Waals surface area contributed by atoms with Crippen molar-refractivity contribution in [3.05, 3.63) is 0 Å². The molecular formula is C24H46N2O2. The minimum atomic E-state index is 0.115. The third-order valence-electron chi connectivity index (χ3n) is 6.72. The van der Waals surface area contributed by atoms with Crippen LogP contribution in [0.5, 0.6) is 0 Å². The highest BCUT2D eigenvalue weighted by molar-refractivity contribution is 5.73. The smallest absolute Gasteiger partial charge is 0.217 e. The predicted molar refractivity (Wildman–Crippen MR) is 118 cm³/mol. The fourth-order valence-electron chi connectivity index (χ4n) is 4.78. The van der Waals surface area contributed by atoms with Gasteiger partial charge >= 0.3 is 0 Å². The first-order valence-corrected chi connectivity index (χ1v) is 11.3. The highest BCUT2D eigenvalue weighted by Gasteiger charge is 2.30. The summed E-state index contributed by atoms with van der Waals surface area (Å²) in [6, 6.07) is 0.872. The number of hydrogen-bond acceptors (Lipinski definition) is 2. The van der Waals surface area contributed by atoms with Gasteiger partial charge in [-0.05, 0) is 74.0 Å². The van der Waals surface area contributed by atoms with Crippen LogP contribution in [0.2, 0.25) is 0 Å². The van der Waals surface area contributed by atoms with Gasteiger partial charge in [0.1, 0.15) is 0 Å². The van der Waals surface area contributed by atoms with Gasteiger partial charge in [0.2, 0.25) is 11.8 Å². The van der Waals surface area contributed by atoms with E-state index >= 15 is 0 Å². The predicted octanol–water partition coefficient (Wildman–Crippen LogP) is 5.45. The third kappa shape index (κ3) is 9.43. The molecule has 0 aliphatic heterocycles. The molecular weight excluding hydrogens is 348 g/mol. The topological polar surface area (TPSA) is 58.2 Å². The minimum Gasteiger partial charge on any atom is -0.354 e. The lowest BCUT2D eigenvalue weighted by Crippen LogP contribution is -2.38. The molecule has 0 aromatic heterocycles. The molecule has 0 bridgehead atoms. The van der Waals surface area contributed by atoms with E-state index in [9.17, 15) is 9.59 Å². The molecule has 28 heavy (non-hydrogen) atoms. The van der Waals surface area contributed by atoms with E-state index in [4.69, 9.17) is 0 Å². The van der Waals surface area contributed by atoms with E-state index in [1.807, 2.05) is 0 Å². The fourth-order valence-corrected chi connectivity index (χ4v) is 4.78. The Hall–Kier alpha value is -1.06. The van der Waals surface area contributed by atoms with Crippen molar-refractivity contribution in [3.8, 4) is 0 Å². The van der Waals surface area contributed by atoms with Crippen LogP contribution in [-0.4, -0.2) is 23.9 Å². The first-order chi connectivity index (χ1) is 12.8. The maximum atomic E-state index is 10.9. The number of carbonyl (C=O) groups excluding carboxylic acids is 2. The summed E-state index contributed by atoms with van der Waals surface area (Å²) in [7, 11) is 0. The molecule has 2 N–H and O–H groups in total. The minimum absolute atomic E-state index is 0.115. The zero-order chi connectivity index (χ0) is 21.5. The number of carbonyl (C=O) groups is 2.